The molecular formula is C15H18N6O2S. The van der Waals surface area contributed by atoms with Gasteiger partial charge in [-0.15, -0.1) is 10.2 Å². The summed E-state index contributed by atoms with van der Waals surface area (Å²) >= 11 is 1.24. The van der Waals surface area contributed by atoms with E-state index in [1.807, 2.05) is 32.0 Å². The molecule has 0 unspecified atom stereocenters. The zero-order chi connectivity index (χ0) is 17.1. The van der Waals surface area contributed by atoms with Crippen molar-refractivity contribution in [2.24, 2.45) is 5.92 Å². The first-order valence-electron chi connectivity index (χ1n) is 7.66. The van der Waals surface area contributed by atoms with Crippen molar-refractivity contribution < 1.29 is 9.59 Å². The molecule has 8 nitrogen and oxygen atoms in total. The third-order valence-electron chi connectivity index (χ3n) is 3.67. The van der Waals surface area contributed by atoms with E-state index in [0.29, 0.717) is 28.9 Å². The van der Waals surface area contributed by atoms with Gasteiger partial charge in [0.15, 0.2) is 5.01 Å². The van der Waals surface area contributed by atoms with Gasteiger partial charge < -0.3 is 10.2 Å². The minimum Gasteiger partial charge on any atom is -0.353 e. The minimum absolute atomic E-state index is 0.0227. The summed E-state index contributed by atoms with van der Waals surface area (Å²) in [5.74, 6) is -0.104. The first-order chi connectivity index (χ1) is 11.6. The minimum atomic E-state index is -0.484. The van der Waals surface area contributed by atoms with Crippen molar-refractivity contribution in [1.29, 1.82) is 0 Å². The van der Waals surface area contributed by atoms with Gasteiger partial charge in [0.2, 0.25) is 11.0 Å². The number of hydrogen-bond donors (Lipinski definition) is 2. The first kappa shape index (κ1) is 16.3. The van der Waals surface area contributed by atoms with E-state index in [4.69, 9.17) is 0 Å². The maximum Gasteiger partial charge on any atom is 0.324 e. The van der Waals surface area contributed by atoms with Gasteiger partial charge in [0.1, 0.15) is 11.7 Å². The van der Waals surface area contributed by atoms with Crippen LogP contribution in [0, 0.1) is 5.92 Å². The summed E-state index contributed by atoms with van der Waals surface area (Å²) in [6, 6.07) is 4.69. The molecule has 9 heteroatoms. The Morgan fingerprint density at radius 2 is 2.25 bits per heavy atom. The molecule has 3 heterocycles. The number of nitrogens with one attached hydrogen (secondary N) is 2. The van der Waals surface area contributed by atoms with Gasteiger partial charge in [0.05, 0.1) is 0 Å². The summed E-state index contributed by atoms with van der Waals surface area (Å²) in [6.45, 7) is 4.75. The van der Waals surface area contributed by atoms with Gasteiger partial charge in [-0.2, -0.15) is 0 Å². The number of nitrogens with zero attached hydrogens (tertiary/aromatic N) is 4. The number of carbonyl (C=O) groups excluding carboxylic acids is 2. The van der Waals surface area contributed by atoms with E-state index in [1.165, 1.54) is 11.3 Å². The normalized spacial score (nSPS) is 17.7. The van der Waals surface area contributed by atoms with E-state index in [-0.39, 0.29) is 17.9 Å². The molecule has 1 aliphatic heterocycles. The lowest BCUT2D eigenvalue weighted by Crippen LogP contribution is -2.60. The number of pyridine rings is 1. The largest absolute Gasteiger partial charge is 0.353 e. The number of amides is 3. The Morgan fingerprint density at radius 3 is 2.96 bits per heavy atom. The van der Waals surface area contributed by atoms with E-state index >= 15 is 0 Å². The molecule has 1 aliphatic rings. The summed E-state index contributed by atoms with van der Waals surface area (Å²) in [7, 11) is 0. The molecule has 2 aromatic heterocycles. The SMILES string of the molecule is CC(C)[C@H]1C(=O)NCCN1C(=O)Nc1nnc(-c2ccccn2)s1. The summed E-state index contributed by atoms with van der Waals surface area (Å²) < 4.78 is 0. The van der Waals surface area contributed by atoms with Gasteiger partial charge >= 0.3 is 6.03 Å². The number of carbonyl (C=O) groups is 2. The van der Waals surface area contributed by atoms with Crippen LogP contribution in [0.2, 0.25) is 0 Å². The summed E-state index contributed by atoms with van der Waals surface area (Å²) in [5, 5.41) is 14.6. The van der Waals surface area contributed by atoms with E-state index < -0.39 is 6.04 Å². The molecular weight excluding hydrogens is 328 g/mol. The van der Waals surface area contributed by atoms with E-state index in [1.54, 1.807) is 11.1 Å². The van der Waals surface area contributed by atoms with Crippen LogP contribution in [0.25, 0.3) is 10.7 Å². The van der Waals surface area contributed by atoms with Crippen molar-refractivity contribution in [3.05, 3.63) is 24.4 Å². The molecule has 0 saturated carbocycles. The third kappa shape index (κ3) is 3.35. The van der Waals surface area contributed by atoms with Crippen molar-refractivity contribution in [2.75, 3.05) is 18.4 Å². The van der Waals surface area contributed by atoms with Crippen LogP contribution >= 0.6 is 11.3 Å². The van der Waals surface area contributed by atoms with Crippen LogP contribution in [0.4, 0.5) is 9.93 Å². The Morgan fingerprint density at radius 1 is 1.42 bits per heavy atom. The quantitative estimate of drug-likeness (QED) is 0.879. The Bertz CT molecular complexity index is 733. The van der Waals surface area contributed by atoms with Crippen LogP contribution in [0.1, 0.15) is 13.8 Å². The average molecular weight is 346 g/mol. The lowest BCUT2D eigenvalue weighted by molar-refractivity contribution is -0.129. The fraction of sp³-hybridized carbons (Fsp3) is 0.400. The molecule has 1 saturated heterocycles. The van der Waals surface area contributed by atoms with Gasteiger partial charge in [-0.1, -0.05) is 31.3 Å². The predicted molar refractivity (Wildman–Crippen MR) is 90.5 cm³/mol. The number of urea groups is 1. The fourth-order valence-electron chi connectivity index (χ4n) is 2.61. The molecule has 126 valence electrons. The highest BCUT2D eigenvalue weighted by molar-refractivity contribution is 7.18. The zero-order valence-electron chi connectivity index (χ0n) is 13.4. The van der Waals surface area contributed by atoms with E-state index in [9.17, 15) is 9.59 Å². The molecule has 0 radical (unpaired) electrons. The number of rotatable bonds is 3. The summed E-state index contributed by atoms with van der Waals surface area (Å²) in [6.07, 6.45) is 1.68. The maximum atomic E-state index is 12.5. The van der Waals surface area contributed by atoms with Gasteiger partial charge in [-0.25, -0.2) is 4.79 Å². The van der Waals surface area contributed by atoms with Gasteiger partial charge in [0.25, 0.3) is 0 Å². The van der Waals surface area contributed by atoms with Crippen molar-refractivity contribution in [3.8, 4) is 10.7 Å². The zero-order valence-corrected chi connectivity index (χ0v) is 14.2. The molecule has 24 heavy (non-hydrogen) atoms. The number of piperazine rings is 1. The smallest absolute Gasteiger partial charge is 0.324 e. The van der Waals surface area contributed by atoms with Crippen LogP contribution in [-0.4, -0.2) is 51.2 Å². The Kier molecular flexibility index (Phi) is 4.70. The molecule has 2 aromatic rings. The van der Waals surface area contributed by atoms with Crippen LogP contribution in [0.3, 0.4) is 0 Å². The Balaban J connectivity index is 1.73. The molecule has 0 spiro atoms. The highest BCUT2D eigenvalue weighted by Gasteiger charge is 2.35. The molecule has 0 aromatic carbocycles. The molecule has 3 amide bonds. The van der Waals surface area contributed by atoms with Crippen molar-refractivity contribution in [2.45, 2.75) is 19.9 Å². The lowest BCUT2D eigenvalue weighted by Gasteiger charge is -2.36. The van der Waals surface area contributed by atoms with Gasteiger partial charge in [-0.3, -0.25) is 15.1 Å². The molecule has 1 atom stereocenters. The van der Waals surface area contributed by atoms with Gasteiger partial charge in [-0.05, 0) is 18.1 Å². The van der Waals surface area contributed by atoms with Crippen LogP contribution in [0.5, 0.6) is 0 Å². The average Bonchev–Trinajstić information content (AvgIpc) is 3.03. The topological polar surface area (TPSA) is 100 Å². The maximum absolute atomic E-state index is 12.5. The van der Waals surface area contributed by atoms with Crippen LogP contribution in [0.15, 0.2) is 24.4 Å². The number of aromatic nitrogens is 3. The first-order valence-corrected chi connectivity index (χ1v) is 8.48. The Labute approximate surface area is 143 Å². The second kappa shape index (κ2) is 6.91. The molecule has 2 N–H and O–H groups in total. The Hall–Kier alpha value is -2.55. The molecule has 1 fully saturated rings. The summed E-state index contributed by atoms with van der Waals surface area (Å²) in [4.78, 5) is 30.3. The van der Waals surface area contributed by atoms with Crippen LogP contribution < -0.4 is 10.6 Å². The second-order valence-corrected chi connectivity index (χ2v) is 6.71. The molecule has 3 rings (SSSR count). The second-order valence-electron chi connectivity index (χ2n) is 5.73. The van der Waals surface area contributed by atoms with E-state index in [2.05, 4.69) is 25.8 Å². The molecule has 0 bridgehead atoms. The fourth-order valence-corrected chi connectivity index (χ4v) is 3.32. The van der Waals surface area contributed by atoms with Crippen LogP contribution in [-0.2, 0) is 4.79 Å². The van der Waals surface area contributed by atoms with Crippen molar-refractivity contribution in [3.63, 3.8) is 0 Å². The highest BCUT2D eigenvalue weighted by atomic mass is 32.1. The molecule has 0 aliphatic carbocycles. The highest BCUT2D eigenvalue weighted by Crippen LogP contribution is 2.25. The van der Waals surface area contributed by atoms with Gasteiger partial charge in [0, 0.05) is 19.3 Å². The summed E-state index contributed by atoms with van der Waals surface area (Å²) in [5.41, 5.74) is 0.702. The van der Waals surface area contributed by atoms with Crippen molar-refractivity contribution >= 4 is 28.4 Å². The number of anilines is 1. The number of hydrogen-bond acceptors (Lipinski definition) is 6. The lowest BCUT2D eigenvalue weighted by atomic mass is 10.0. The standard InChI is InChI=1S/C15H18N6O2S/c1-9(2)11-12(22)17-7-8-21(11)15(23)18-14-20-19-13(24-14)10-5-3-4-6-16-10/h3-6,9,11H,7-8H2,1-2H3,(H,17,22)(H,18,20,23)/t11-/m0/s1. The van der Waals surface area contributed by atoms with E-state index in [0.717, 1.165) is 0 Å². The van der Waals surface area contributed by atoms with Crippen molar-refractivity contribution in [1.82, 2.24) is 25.4 Å². The predicted octanol–water partition coefficient (Wildman–Crippen LogP) is 1.59. The monoisotopic (exact) mass is 346 g/mol. The third-order valence-corrected chi connectivity index (χ3v) is 4.53.